The second kappa shape index (κ2) is 8.03. The van der Waals surface area contributed by atoms with E-state index in [0.717, 1.165) is 4.57 Å². The predicted molar refractivity (Wildman–Crippen MR) is 124 cm³/mol. The number of nitrogens with one attached hydrogen (secondary N) is 2. The van der Waals surface area contributed by atoms with Crippen LogP contribution in [-0.2, 0) is 24.1 Å². The van der Waals surface area contributed by atoms with E-state index < -0.39 is 21.3 Å². The highest BCUT2D eigenvalue weighted by Crippen LogP contribution is 2.17. The van der Waals surface area contributed by atoms with Gasteiger partial charge in [0.05, 0.1) is 4.90 Å². The van der Waals surface area contributed by atoms with Gasteiger partial charge >= 0.3 is 5.69 Å². The molecule has 3 heterocycles. The van der Waals surface area contributed by atoms with Crippen molar-refractivity contribution < 1.29 is 8.42 Å². The summed E-state index contributed by atoms with van der Waals surface area (Å²) in [5.74, 6) is 0.524. The first-order valence-electron chi connectivity index (χ1n) is 9.66. The number of nitrogens with two attached hydrogens (primary N) is 1. The molecule has 0 radical (unpaired) electrons. The lowest BCUT2D eigenvalue weighted by Gasteiger charge is -2.36. The molecule has 14 heteroatoms. The highest BCUT2D eigenvalue weighted by Gasteiger charge is 2.23. The Hall–Kier alpha value is -3.23. The molecular weight excluding hydrogens is 456 g/mol. The fourth-order valence-electron chi connectivity index (χ4n) is 3.52. The lowest BCUT2D eigenvalue weighted by Crippen LogP contribution is -2.50. The van der Waals surface area contributed by atoms with E-state index in [1.165, 1.54) is 23.7 Å². The fraction of sp³-hybridized carbons (Fsp3) is 0.333. The Morgan fingerprint density at radius 2 is 1.72 bits per heavy atom. The van der Waals surface area contributed by atoms with Gasteiger partial charge in [0, 0.05) is 46.0 Å². The third kappa shape index (κ3) is 3.99. The maximum atomic E-state index is 12.4. The van der Waals surface area contributed by atoms with Gasteiger partial charge in [-0.3, -0.25) is 13.9 Å². The second-order valence-corrected chi connectivity index (χ2v) is 9.39. The maximum absolute atomic E-state index is 12.4. The average molecular weight is 479 g/mol. The van der Waals surface area contributed by atoms with Crippen LogP contribution < -0.4 is 26.6 Å². The predicted octanol–water partition coefficient (Wildman–Crippen LogP) is -0.873. The third-order valence-corrected chi connectivity index (χ3v) is 6.67. The Balaban J connectivity index is 1.43. The van der Waals surface area contributed by atoms with Crippen molar-refractivity contribution in [1.82, 2.24) is 24.0 Å². The molecule has 3 aromatic rings. The number of hydrogen-bond donors (Lipinski definition) is 3. The third-order valence-electron chi connectivity index (χ3n) is 5.38. The summed E-state index contributed by atoms with van der Waals surface area (Å²) in [4.78, 5) is 36.0. The number of aromatic amines is 1. The van der Waals surface area contributed by atoms with Gasteiger partial charge in [0.15, 0.2) is 16.3 Å². The van der Waals surface area contributed by atoms with Gasteiger partial charge < -0.3 is 20.1 Å². The van der Waals surface area contributed by atoms with Gasteiger partial charge in [0.25, 0.3) is 5.56 Å². The molecule has 1 fully saturated rings. The molecule has 12 nitrogen and oxygen atoms in total. The minimum absolute atomic E-state index is 0.0285. The summed E-state index contributed by atoms with van der Waals surface area (Å²) in [6.07, 6.45) is 0. The molecule has 1 aromatic carbocycles. The standard InChI is InChI=1S/C18H22N8O4S2/c1-23-14-13(15(27)24(2)18(23)28)21-16(22-14)25-7-9-26(10-8-25)17(31)20-11-3-5-12(6-4-11)32(19,29)30/h3-6H,7-10H2,1-2H3,(H,20,31)(H,21,22)(H2,19,29,30). The van der Waals surface area contributed by atoms with Gasteiger partial charge in [-0.1, -0.05) is 0 Å². The first-order valence-corrected chi connectivity index (χ1v) is 11.6. The SMILES string of the molecule is Cn1c(=O)c2[nH]c(N3CCN(C(=S)Nc4ccc(S(N)(=O)=O)cc4)CC3)nc2n(C)c1=O. The van der Waals surface area contributed by atoms with Crippen molar-refractivity contribution in [3.05, 3.63) is 45.1 Å². The lowest BCUT2D eigenvalue weighted by atomic mass is 10.3. The molecule has 170 valence electrons. The van der Waals surface area contributed by atoms with Crippen molar-refractivity contribution in [3.63, 3.8) is 0 Å². The zero-order valence-electron chi connectivity index (χ0n) is 17.4. The summed E-state index contributed by atoms with van der Waals surface area (Å²) in [5.41, 5.74) is 0.403. The first kappa shape index (κ1) is 22.0. The summed E-state index contributed by atoms with van der Waals surface area (Å²) < 4.78 is 25.1. The van der Waals surface area contributed by atoms with E-state index >= 15 is 0 Å². The summed E-state index contributed by atoms with van der Waals surface area (Å²) in [5, 5.41) is 8.71. The summed E-state index contributed by atoms with van der Waals surface area (Å²) >= 11 is 5.48. The van der Waals surface area contributed by atoms with Crippen LogP contribution in [0, 0.1) is 0 Å². The number of anilines is 2. The monoisotopic (exact) mass is 478 g/mol. The van der Waals surface area contributed by atoms with Gasteiger partial charge in [-0.05, 0) is 36.5 Å². The number of imidazole rings is 1. The van der Waals surface area contributed by atoms with Crippen molar-refractivity contribution >= 4 is 50.2 Å². The van der Waals surface area contributed by atoms with Crippen molar-refractivity contribution in [2.24, 2.45) is 19.2 Å². The molecule has 4 N–H and O–H groups in total. The van der Waals surface area contributed by atoms with Crippen LogP contribution in [0.5, 0.6) is 0 Å². The van der Waals surface area contributed by atoms with Crippen LogP contribution in [0.1, 0.15) is 0 Å². The average Bonchev–Trinajstić information content (AvgIpc) is 3.22. The molecule has 0 saturated carbocycles. The molecule has 32 heavy (non-hydrogen) atoms. The summed E-state index contributed by atoms with van der Waals surface area (Å²) in [6, 6.07) is 6.03. The Morgan fingerprint density at radius 1 is 1.09 bits per heavy atom. The number of nitrogens with zero attached hydrogens (tertiary/aromatic N) is 5. The molecule has 0 amide bonds. The van der Waals surface area contributed by atoms with Gasteiger partial charge in [-0.15, -0.1) is 0 Å². The minimum atomic E-state index is -3.75. The maximum Gasteiger partial charge on any atom is 0.332 e. The Kier molecular flexibility index (Phi) is 5.52. The van der Waals surface area contributed by atoms with E-state index in [9.17, 15) is 18.0 Å². The zero-order valence-corrected chi connectivity index (χ0v) is 19.0. The van der Waals surface area contributed by atoms with Crippen molar-refractivity contribution in [1.29, 1.82) is 0 Å². The molecule has 4 rings (SSSR count). The van der Waals surface area contributed by atoms with Crippen LogP contribution in [0.25, 0.3) is 11.2 Å². The van der Waals surface area contributed by atoms with E-state index in [1.807, 2.05) is 9.80 Å². The Morgan fingerprint density at radius 3 is 2.31 bits per heavy atom. The Bertz CT molecular complexity index is 1410. The van der Waals surface area contributed by atoms with Crippen LogP contribution in [-0.4, -0.2) is 63.7 Å². The van der Waals surface area contributed by atoms with Gasteiger partial charge in [-0.2, -0.15) is 4.98 Å². The molecule has 2 aromatic heterocycles. The number of piperazine rings is 1. The van der Waals surface area contributed by atoms with E-state index in [1.54, 1.807) is 19.2 Å². The Labute approximate surface area is 188 Å². The smallest absolute Gasteiger partial charge is 0.332 e. The van der Waals surface area contributed by atoms with Crippen LogP contribution in [0.3, 0.4) is 0 Å². The van der Waals surface area contributed by atoms with E-state index in [-0.39, 0.29) is 10.4 Å². The van der Waals surface area contributed by atoms with Crippen LogP contribution in [0.2, 0.25) is 0 Å². The van der Waals surface area contributed by atoms with Gasteiger partial charge in [0.2, 0.25) is 16.0 Å². The summed E-state index contributed by atoms with van der Waals surface area (Å²) in [6.45, 7) is 2.41. The number of rotatable bonds is 3. The first-order chi connectivity index (χ1) is 15.1. The van der Waals surface area contributed by atoms with E-state index in [4.69, 9.17) is 17.4 Å². The van der Waals surface area contributed by atoms with Crippen LogP contribution >= 0.6 is 12.2 Å². The van der Waals surface area contributed by atoms with Crippen LogP contribution in [0.4, 0.5) is 11.6 Å². The number of aromatic nitrogens is 4. The lowest BCUT2D eigenvalue weighted by molar-refractivity contribution is 0.388. The number of H-pyrrole nitrogens is 1. The topological polar surface area (TPSA) is 151 Å². The fourth-order valence-corrected chi connectivity index (χ4v) is 4.33. The van der Waals surface area contributed by atoms with Crippen molar-refractivity contribution in [3.8, 4) is 0 Å². The molecular formula is C18H22N8O4S2. The molecule has 0 atom stereocenters. The van der Waals surface area contributed by atoms with E-state index in [0.29, 0.717) is 48.6 Å². The molecule has 0 spiro atoms. The quantitative estimate of drug-likeness (QED) is 0.408. The highest BCUT2D eigenvalue weighted by atomic mass is 32.2. The number of sulfonamides is 1. The zero-order chi connectivity index (χ0) is 23.2. The van der Waals surface area contributed by atoms with Crippen molar-refractivity contribution in [2.75, 3.05) is 36.4 Å². The minimum Gasteiger partial charge on any atom is -0.345 e. The number of primary sulfonamides is 1. The van der Waals surface area contributed by atoms with Gasteiger partial charge in [0.1, 0.15) is 0 Å². The number of benzene rings is 1. The molecule has 0 unspecified atom stereocenters. The molecule has 1 aliphatic heterocycles. The number of hydrogen-bond acceptors (Lipinski definition) is 7. The normalized spacial score (nSPS) is 14.7. The molecule has 0 aliphatic carbocycles. The number of thiocarbonyl (C=S) groups is 1. The largest absolute Gasteiger partial charge is 0.345 e. The summed E-state index contributed by atoms with van der Waals surface area (Å²) in [7, 11) is -0.740. The molecule has 0 bridgehead atoms. The molecule has 1 saturated heterocycles. The van der Waals surface area contributed by atoms with Gasteiger partial charge in [-0.25, -0.2) is 18.4 Å². The number of aryl methyl sites for hydroxylation is 1. The number of fused-ring (bicyclic) bond motifs is 1. The molecule has 1 aliphatic rings. The highest BCUT2D eigenvalue weighted by molar-refractivity contribution is 7.89. The second-order valence-electron chi connectivity index (χ2n) is 7.44. The van der Waals surface area contributed by atoms with Crippen molar-refractivity contribution in [2.45, 2.75) is 4.90 Å². The van der Waals surface area contributed by atoms with Crippen LogP contribution in [0.15, 0.2) is 38.8 Å². The van der Waals surface area contributed by atoms with E-state index in [2.05, 4.69) is 15.3 Å².